The highest BCUT2D eigenvalue weighted by molar-refractivity contribution is 5.37. The molecule has 4 nitrogen and oxygen atoms in total. The summed E-state index contributed by atoms with van der Waals surface area (Å²) >= 11 is 0. The molecule has 1 rings (SSSR count). The quantitative estimate of drug-likeness (QED) is 0.740. The fourth-order valence-corrected chi connectivity index (χ4v) is 1.93. The molecule has 1 N–H and O–H groups in total. The number of unbranched alkanes of at least 4 members (excludes halogenated alkanes) is 1. The molecule has 0 fully saturated rings. The first-order valence-corrected chi connectivity index (χ1v) is 7.41. The number of nitrogens with one attached hydrogen (secondary N) is 1. The molecule has 1 aromatic heterocycles. The minimum atomic E-state index is 0.623. The Morgan fingerprint density at radius 1 is 1.26 bits per heavy atom. The summed E-state index contributed by atoms with van der Waals surface area (Å²) in [6, 6.07) is 1.87. The van der Waals surface area contributed by atoms with E-state index in [9.17, 15) is 0 Å². The van der Waals surface area contributed by atoms with Gasteiger partial charge in [-0.15, -0.1) is 0 Å². The molecular weight excluding hydrogens is 238 g/mol. The lowest BCUT2D eigenvalue weighted by molar-refractivity contribution is 0.225. The summed E-state index contributed by atoms with van der Waals surface area (Å²) in [5.41, 5.74) is 0. The highest BCUT2D eigenvalue weighted by atomic mass is 16.5. The van der Waals surface area contributed by atoms with Gasteiger partial charge in [-0.3, -0.25) is 0 Å². The van der Waals surface area contributed by atoms with Gasteiger partial charge in [-0.1, -0.05) is 40.0 Å². The van der Waals surface area contributed by atoms with Crippen LogP contribution in [0.4, 0.5) is 5.82 Å². The molecule has 0 radical (unpaired) electrons. The predicted molar refractivity (Wildman–Crippen MR) is 79.8 cm³/mol. The van der Waals surface area contributed by atoms with Crippen LogP contribution in [0.5, 0.6) is 5.88 Å². The van der Waals surface area contributed by atoms with Crippen LogP contribution in [0.2, 0.25) is 0 Å². The minimum absolute atomic E-state index is 0.623. The highest BCUT2D eigenvalue weighted by Gasteiger charge is 2.09. The third-order valence-electron chi connectivity index (χ3n) is 3.33. The van der Waals surface area contributed by atoms with Crippen LogP contribution >= 0.6 is 0 Å². The largest absolute Gasteiger partial charge is 0.477 e. The van der Waals surface area contributed by atoms with Crippen molar-refractivity contribution in [2.24, 2.45) is 5.92 Å². The Kier molecular flexibility index (Phi) is 7.23. The molecule has 4 heteroatoms. The normalized spacial score (nSPS) is 12.2. The van der Waals surface area contributed by atoms with Crippen molar-refractivity contribution < 1.29 is 4.74 Å². The maximum absolute atomic E-state index is 5.85. The molecule has 0 spiro atoms. The van der Waals surface area contributed by atoms with Crippen LogP contribution < -0.4 is 10.1 Å². The summed E-state index contributed by atoms with van der Waals surface area (Å²) in [6.45, 7) is 7.25. The first kappa shape index (κ1) is 15.7. The predicted octanol–water partition coefficient (Wildman–Crippen LogP) is 3.68. The molecular formula is C15H27N3O. The van der Waals surface area contributed by atoms with E-state index in [0.717, 1.165) is 31.1 Å². The number of nitrogens with zero attached hydrogens (tertiary/aromatic N) is 2. The zero-order chi connectivity index (χ0) is 14.1. The Morgan fingerprint density at radius 2 is 2.05 bits per heavy atom. The zero-order valence-electron chi connectivity index (χ0n) is 12.7. The van der Waals surface area contributed by atoms with Gasteiger partial charge in [-0.2, -0.15) is 4.98 Å². The van der Waals surface area contributed by atoms with Crippen molar-refractivity contribution in [3.05, 3.63) is 11.9 Å². The lowest BCUT2D eigenvalue weighted by atomic mass is 10.0. The fourth-order valence-electron chi connectivity index (χ4n) is 1.93. The molecule has 0 bridgehead atoms. The zero-order valence-corrected chi connectivity index (χ0v) is 12.7. The lowest BCUT2D eigenvalue weighted by Gasteiger charge is -2.15. The van der Waals surface area contributed by atoms with Crippen LogP contribution in [0.3, 0.4) is 0 Å². The van der Waals surface area contributed by atoms with E-state index in [1.54, 1.807) is 0 Å². The van der Waals surface area contributed by atoms with Gasteiger partial charge < -0.3 is 10.1 Å². The van der Waals surface area contributed by atoms with E-state index in [2.05, 4.69) is 36.1 Å². The van der Waals surface area contributed by atoms with Gasteiger partial charge in [0.2, 0.25) is 5.88 Å². The number of anilines is 1. The van der Waals surface area contributed by atoms with Crippen molar-refractivity contribution in [1.29, 1.82) is 0 Å². The number of aromatic nitrogens is 2. The van der Waals surface area contributed by atoms with Crippen LogP contribution in [0.15, 0.2) is 6.07 Å². The number of aryl methyl sites for hydroxylation is 1. The summed E-state index contributed by atoms with van der Waals surface area (Å²) in [6.07, 6.45) is 5.72. The van der Waals surface area contributed by atoms with Gasteiger partial charge in [-0.05, 0) is 12.3 Å². The van der Waals surface area contributed by atoms with Crippen LogP contribution in [0, 0.1) is 5.92 Å². The van der Waals surface area contributed by atoms with Crippen LogP contribution in [0.25, 0.3) is 0 Å². The topological polar surface area (TPSA) is 47.0 Å². The first-order chi connectivity index (χ1) is 9.23. The second-order valence-electron chi connectivity index (χ2n) is 4.84. The van der Waals surface area contributed by atoms with Crippen molar-refractivity contribution in [3.8, 4) is 5.88 Å². The van der Waals surface area contributed by atoms with Crippen molar-refractivity contribution in [2.75, 3.05) is 19.0 Å². The molecule has 0 aliphatic heterocycles. The minimum Gasteiger partial charge on any atom is -0.477 e. The van der Waals surface area contributed by atoms with Crippen molar-refractivity contribution in [2.45, 2.75) is 52.9 Å². The molecule has 0 amide bonds. The van der Waals surface area contributed by atoms with E-state index in [1.165, 1.54) is 19.3 Å². The average Bonchev–Trinajstić information content (AvgIpc) is 2.47. The third-order valence-corrected chi connectivity index (χ3v) is 3.33. The summed E-state index contributed by atoms with van der Waals surface area (Å²) < 4.78 is 5.85. The van der Waals surface area contributed by atoms with Crippen LogP contribution in [0.1, 0.15) is 52.3 Å². The smallest absolute Gasteiger partial charge is 0.218 e. The van der Waals surface area contributed by atoms with E-state index in [-0.39, 0.29) is 0 Å². The van der Waals surface area contributed by atoms with Crippen LogP contribution in [-0.2, 0) is 6.42 Å². The van der Waals surface area contributed by atoms with Crippen molar-refractivity contribution in [1.82, 2.24) is 9.97 Å². The second kappa shape index (κ2) is 8.73. The van der Waals surface area contributed by atoms with Gasteiger partial charge in [0.15, 0.2) is 0 Å². The number of hydrogen-bond acceptors (Lipinski definition) is 4. The fraction of sp³-hybridized carbons (Fsp3) is 0.733. The number of hydrogen-bond donors (Lipinski definition) is 1. The Labute approximate surface area is 117 Å². The summed E-state index contributed by atoms with van der Waals surface area (Å²) in [7, 11) is 1.86. The number of rotatable bonds is 9. The third kappa shape index (κ3) is 5.45. The molecule has 1 unspecified atom stereocenters. The molecule has 0 saturated carbocycles. The Bertz CT molecular complexity index is 346. The Morgan fingerprint density at radius 3 is 2.63 bits per heavy atom. The van der Waals surface area contributed by atoms with Crippen molar-refractivity contribution in [3.63, 3.8) is 0 Å². The maximum Gasteiger partial charge on any atom is 0.218 e. The van der Waals surface area contributed by atoms with Crippen molar-refractivity contribution >= 4 is 5.82 Å². The highest BCUT2D eigenvalue weighted by Crippen LogP contribution is 2.17. The summed E-state index contributed by atoms with van der Waals surface area (Å²) in [4.78, 5) is 8.78. The van der Waals surface area contributed by atoms with E-state index in [1.807, 2.05) is 13.1 Å². The standard InChI is InChI=1S/C15H27N3O/c1-5-8-9-12(6-2)11-19-15-10-14(16-4)17-13(7-3)18-15/h10,12H,5-9,11H2,1-4H3,(H,16,17,18). The molecule has 108 valence electrons. The van der Waals surface area contributed by atoms with E-state index < -0.39 is 0 Å². The molecule has 0 saturated heterocycles. The second-order valence-corrected chi connectivity index (χ2v) is 4.84. The first-order valence-electron chi connectivity index (χ1n) is 7.41. The summed E-state index contributed by atoms with van der Waals surface area (Å²) in [5.74, 6) is 2.95. The average molecular weight is 265 g/mol. The molecule has 1 heterocycles. The molecule has 1 atom stereocenters. The molecule has 0 aromatic carbocycles. The van der Waals surface area contributed by atoms with E-state index >= 15 is 0 Å². The monoisotopic (exact) mass is 265 g/mol. The molecule has 0 aliphatic rings. The van der Waals surface area contributed by atoms with Gasteiger partial charge in [0.1, 0.15) is 11.6 Å². The van der Waals surface area contributed by atoms with Crippen LogP contribution in [-0.4, -0.2) is 23.6 Å². The lowest BCUT2D eigenvalue weighted by Crippen LogP contribution is -2.13. The van der Waals surface area contributed by atoms with E-state index in [4.69, 9.17) is 4.74 Å². The molecule has 1 aromatic rings. The SMILES string of the molecule is CCCCC(CC)COc1cc(NC)nc(CC)n1. The van der Waals surface area contributed by atoms with Gasteiger partial charge in [0, 0.05) is 19.5 Å². The number of ether oxygens (including phenoxy) is 1. The van der Waals surface area contributed by atoms with Gasteiger partial charge in [0.05, 0.1) is 6.61 Å². The summed E-state index contributed by atoms with van der Waals surface area (Å²) in [5, 5.41) is 3.05. The molecule has 0 aliphatic carbocycles. The van der Waals surface area contributed by atoms with Gasteiger partial charge >= 0.3 is 0 Å². The van der Waals surface area contributed by atoms with E-state index in [0.29, 0.717) is 11.8 Å². The Hall–Kier alpha value is -1.32. The Balaban J connectivity index is 2.60. The molecule has 19 heavy (non-hydrogen) atoms. The van der Waals surface area contributed by atoms with Gasteiger partial charge in [-0.25, -0.2) is 4.98 Å². The maximum atomic E-state index is 5.85. The van der Waals surface area contributed by atoms with Gasteiger partial charge in [0.25, 0.3) is 0 Å².